The van der Waals surface area contributed by atoms with E-state index >= 15 is 0 Å². The maximum Gasteiger partial charge on any atom is 0.261 e. The molecule has 0 saturated heterocycles. The predicted octanol–water partition coefficient (Wildman–Crippen LogP) is 4.27. The Kier molecular flexibility index (Phi) is 7.47. The fraction of sp³-hybridized carbons (Fsp3) is 0.400. The first kappa shape index (κ1) is 23.5. The summed E-state index contributed by atoms with van der Waals surface area (Å²) in [6.07, 6.45) is 7.63. The van der Waals surface area contributed by atoms with Crippen molar-refractivity contribution in [1.82, 2.24) is 10.2 Å². The molecule has 0 spiro atoms. The van der Waals surface area contributed by atoms with Crippen molar-refractivity contribution >= 4 is 26.9 Å². The van der Waals surface area contributed by atoms with Crippen LogP contribution in [0.4, 0.5) is 0 Å². The second-order valence-corrected chi connectivity index (χ2v) is 10.3. The van der Waals surface area contributed by atoms with E-state index in [1.54, 1.807) is 17.6 Å². The van der Waals surface area contributed by atoms with Gasteiger partial charge < -0.3 is 4.42 Å². The molecule has 0 aliphatic heterocycles. The molecule has 33 heavy (non-hydrogen) atoms. The Morgan fingerprint density at radius 3 is 2.61 bits per heavy atom. The average Bonchev–Trinajstić information content (AvgIpc) is 3.21. The second-order valence-electron chi connectivity index (χ2n) is 8.60. The minimum Gasteiger partial charge on any atom is -0.461 e. The summed E-state index contributed by atoms with van der Waals surface area (Å²) in [5, 5.41) is 10.1. The topological polar surface area (TPSA) is 109 Å². The van der Waals surface area contributed by atoms with Crippen LogP contribution >= 0.6 is 0 Å². The van der Waals surface area contributed by atoms with E-state index in [0.717, 1.165) is 56.1 Å². The van der Waals surface area contributed by atoms with Crippen molar-refractivity contribution in [3.05, 3.63) is 65.4 Å². The molecule has 3 N–H and O–H groups in total. The van der Waals surface area contributed by atoms with E-state index in [1.807, 2.05) is 18.2 Å². The third kappa shape index (κ3) is 5.63. The van der Waals surface area contributed by atoms with Crippen molar-refractivity contribution in [1.29, 1.82) is 0 Å². The lowest BCUT2D eigenvalue weighted by atomic mass is 9.96. The fourth-order valence-electron chi connectivity index (χ4n) is 4.49. The first-order chi connectivity index (χ1) is 16.0. The van der Waals surface area contributed by atoms with Crippen LogP contribution in [0.5, 0.6) is 0 Å². The number of carbonyl (C=O) groups is 1. The zero-order valence-corrected chi connectivity index (χ0v) is 19.4. The summed E-state index contributed by atoms with van der Waals surface area (Å²) in [7, 11) is -3.98. The van der Waals surface area contributed by atoms with Crippen molar-refractivity contribution in [2.24, 2.45) is 0 Å². The molecule has 0 fully saturated rings. The van der Waals surface area contributed by atoms with Crippen molar-refractivity contribution < 1.29 is 22.8 Å². The minimum atomic E-state index is -3.98. The Bertz CT molecular complexity index is 1200. The first-order valence-corrected chi connectivity index (χ1v) is 13.0. The number of hydroxylamine groups is 1. The maximum absolute atomic E-state index is 13.0. The van der Waals surface area contributed by atoms with Crippen LogP contribution in [0.1, 0.15) is 55.4 Å². The van der Waals surface area contributed by atoms with Crippen LogP contribution in [-0.4, -0.2) is 25.6 Å². The first-order valence-electron chi connectivity index (χ1n) is 11.5. The van der Waals surface area contributed by atoms with Gasteiger partial charge in [-0.25, -0.2) is 13.9 Å². The lowest BCUT2D eigenvalue weighted by molar-refractivity contribution is -0.131. The third-order valence-electron chi connectivity index (χ3n) is 6.26. The number of amides is 1. The molecule has 8 heteroatoms. The molecule has 2 aromatic carbocycles. The van der Waals surface area contributed by atoms with Gasteiger partial charge in [0, 0.05) is 23.4 Å². The number of furan rings is 1. The molecule has 1 heterocycles. The highest BCUT2D eigenvalue weighted by molar-refractivity contribution is 7.89. The molecule has 0 bridgehead atoms. The van der Waals surface area contributed by atoms with Crippen molar-refractivity contribution in [3.8, 4) is 0 Å². The molecular formula is C25H30N2O5S. The lowest BCUT2D eigenvalue weighted by Gasteiger charge is -2.17. The Hall–Kier alpha value is -2.68. The smallest absolute Gasteiger partial charge is 0.261 e. The van der Waals surface area contributed by atoms with Crippen LogP contribution in [0.2, 0.25) is 0 Å². The molecule has 0 unspecified atom stereocenters. The molecule has 1 aliphatic rings. The Morgan fingerprint density at radius 2 is 1.82 bits per heavy atom. The molecule has 7 nitrogen and oxygen atoms in total. The molecule has 0 radical (unpaired) electrons. The monoisotopic (exact) mass is 470 g/mol. The van der Waals surface area contributed by atoms with Crippen LogP contribution < -0.4 is 10.2 Å². The van der Waals surface area contributed by atoms with Crippen molar-refractivity contribution in [2.45, 2.75) is 68.7 Å². The summed E-state index contributed by atoms with van der Waals surface area (Å²) >= 11 is 0. The summed E-state index contributed by atoms with van der Waals surface area (Å²) < 4.78 is 34.4. The zero-order chi connectivity index (χ0) is 23.3. The highest BCUT2D eigenvalue weighted by Crippen LogP contribution is 2.33. The van der Waals surface area contributed by atoms with Gasteiger partial charge in [-0.1, -0.05) is 43.2 Å². The summed E-state index contributed by atoms with van der Waals surface area (Å²) in [5.74, 6) is 0.169. The number of sulfonamides is 1. The Labute approximate surface area is 194 Å². The fourth-order valence-corrected chi connectivity index (χ4v) is 5.73. The number of nitrogens with one attached hydrogen (secondary N) is 2. The van der Waals surface area contributed by atoms with E-state index in [0.29, 0.717) is 12.0 Å². The van der Waals surface area contributed by atoms with Crippen LogP contribution in [-0.2, 0) is 34.1 Å². The predicted molar refractivity (Wildman–Crippen MR) is 126 cm³/mol. The van der Waals surface area contributed by atoms with Gasteiger partial charge in [0.2, 0.25) is 10.0 Å². The number of aryl methyl sites for hydroxylation is 3. The van der Waals surface area contributed by atoms with Crippen molar-refractivity contribution in [2.75, 3.05) is 0 Å². The number of carbonyl (C=O) groups excluding carboxylic acids is 1. The van der Waals surface area contributed by atoms with Gasteiger partial charge in [0.1, 0.15) is 17.4 Å². The summed E-state index contributed by atoms with van der Waals surface area (Å²) in [6.45, 7) is 0. The van der Waals surface area contributed by atoms with Gasteiger partial charge in [-0.3, -0.25) is 10.0 Å². The van der Waals surface area contributed by atoms with Crippen LogP contribution in [0.3, 0.4) is 0 Å². The standard InChI is InChI=1S/C25H30N2O5S/c28-25(26-29)22(13-6-2-5-11-18-9-3-1-4-10-18)27-33(30,31)19-15-16-21-20-12-7-8-14-23(20)32-24(21)17-19/h1,3-4,9-10,15-17,22,27,29H,2,5-8,11-14H2,(H,26,28)/t22-/m1/s1. The number of hydrogen-bond donors (Lipinski definition) is 3. The van der Waals surface area contributed by atoms with E-state index < -0.39 is 22.0 Å². The van der Waals surface area contributed by atoms with Gasteiger partial charge in [-0.05, 0) is 56.2 Å². The third-order valence-corrected chi connectivity index (χ3v) is 7.73. The molecule has 0 saturated carbocycles. The largest absolute Gasteiger partial charge is 0.461 e. The quantitative estimate of drug-likeness (QED) is 0.233. The van der Waals surface area contributed by atoms with Crippen LogP contribution in [0.25, 0.3) is 11.0 Å². The second kappa shape index (κ2) is 10.5. The summed E-state index contributed by atoms with van der Waals surface area (Å²) in [4.78, 5) is 12.2. The molecule has 176 valence electrons. The van der Waals surface area contributed by atoms with Gasteiger partial charge in [0.15, 0.2) is 0 Å². The van der Waals surface area contributed by atoms with Crippen molar-refractivity contribution in [3.63, 3.8) is 0 Å². The highest BCUT2D eigenvalue weighted by Gasteiger charge is 2.26. The van der Waals surface area contributed by atoms with Gasteiger partial charge in [-0.2, -0.15) is 4.72 Å². The Balaban J connectivity index is 1.40. The Morgan fingerprint density at radius 1 is 1.03 bits per heavy atom. The lowest BCUT2D eigenvalue weighted by Crippen LogP contribution is -2.45. The van der Waals surface area contributed by atoms with Gasteiger partial charge >= 0.3 is 0 Å². The number of unbranched alkanes of at least 4 members (excludes halogenated alkanes) is 2. The number of rotatable bonds is 10. The average molecular weight is 471 g/mol. The molecule has 3 aromatic rings. The normalized spacial score (nSPS) is 14.7. The SMILES string of the molecule is O=C(NO)[C@@H](CCCCCc1ccccc1)NS(=O)(=O)c1ccc2c3c(oc2c1)CCCC3. The van der Waals surface area contributed by atoms with E-state index in [-0.39, 0.29) is 11.3 Å². The maximum atomic E-state index is 13.0. The van der Waals surface area contributed by atoms with Gasteiger partial charge in [0.05, 0.1) is 4.90 Å². The van der Waals surface area contributed by atoms with Gasteiger partial charge in [0.25, 0.3) is 5.91 Å². The molecule has 1 aromatic heterocycles. The van der Waals surface area contributed by atoms with Crippen LogP contribution in [0.15, 0.2) is 57.8 Å². The van der Waals surface area contributed by atoms with E-state index in [4.69, 9.17) is 9.62 Å². The minimum absolute atomic E-state index is 0.0425. The van der Waals surface area contributed by atoms with E-state index in [1.165, 1.54) is 17.2 Å². The van der Waals surface area contributed by atoms with E-state index in [9.17, 15) is 13.2 Å². The van der Waals surface area contributed by atoms with E-state index in [2.05, 4.69) is 16.9 Å². The molecule has 1 amide bonds. The number of fused-ring (bicyclic) bond motifs is 3. The molecule has 1 aliphatic carbocycles. The molecular weight excluding hydrogens is 440 g/mol. The highest BCUT2D eigenvalue weighted by atomic mass is 32.2. The van der Waals surface area contributed by atoms with Crippen LogP contribution in [0, 0.1) is 0 Å². The number of benzene rings is 2. The molecule has 1 atom stereocenters. The summed E-state index contributed by atoms with van der Waals surface area (Å²) in [5.41, 5.74) is 4.55. The van der Waals surface area contributed by atoms with Gasteiger partial charge in [-0.15, -0.1) is 0 Å². The summed E-state index contributed by atoms with van der Waals surface area (Å²) in [6, 6.07) is 13.9. The number of hydrogen-bond acceptors (Lipinski definition) is 5. The molecule has 4 rings (SSSR count). The zero-order valence-electron chi connectivity index (χ0n) is 18.5.